The van der Waals surface area contributed by atoms with Crippen molar-refractivity contribution in [3.8, 4) is 0 Å². The van der Waals surface area contributed by atoms with E-state index in [2.05, 4.69) is 25.4 Å². The molecule has 0 spiro atoms. The first-order valence-electron chi connectivity index (χ1n) is 13.0. The highest BCUT2D eigenvalue weighted by atomic mass is 16.3. The minimum absolute atomic E-state index is 0.185. The fourth-order valence-electron chi connectivity index (χ4n) is 4.88. The van der Waals surface area contributed by atoms with Gasteiger partial charge in [-0.15, -0.1) is 0 Å². The molecule has 2 N–H and O–H groups in total. The van der Waals surface area contributed by atoms with Crippen LogP contribution in [0.15, 0.2) is 65.4 Å². The Hall–Kier alpha value is -4.34. The molecular weight excluding hydrogens is 484 g/mol. The van der Waals surface area contributed by atoms with Gasteiger partial charge in [0.25, 0.3) is 11.8 Å². The molecule has 0 unspecified atom stereocenters. The molecule has 0 saturated carbocycles. The van der Waals surface area contributed by atoms with Crippen LogP contribution in [-0.2, 0) is 4.79 Å². The first-order chi connectivity index (χ1) is 18.6. The first kappa shape index (κ1) is 25.3. The van der Waals surface area contributed by atoms with Crippen molar-refractivity contribution in [3.63, 3.8) is 0 Å². The van der Waals surface area contributed by atoms with Crippen LogP contribution in [0, 0.1) is 0 Å². The largest absolute Gasteiger partial charge is 0.459 e. The summed E-state index contributed by atoms with van der Waals surface area (Å²) >= 11 is 0. The number of furan rings is 1. The zero-order valence-corrected chi connectivity index (χ0v) is 21.3. The van der Waals surface area contributed by atoms with Crippen LogP contribution in [0.1, 0.15) is 40.2 Å². The van der Waals surface area contributed by atoms with Crippen LogP contribution in [0.25, 0.3) is 0 Å². The average molecular weight is 517 g/mol. The third kappa shape index (κ3) is 5.96. The number of benzene rings is 1. The molecule has 5 rings (SSSR count). The van der Waals surface area contributed by atoms with Crippen LogP contribution in [0.5, 0.6) is 0 Å². The van der Waals surface area contributed by atoms with E-state index in [1.165, 1.54) is 6.26 Å². The SMILES string of the molecule is O=C(NCCCN1CCCC1=O)c1ccc(N2CCN(c3ccccn3)CC2)c(NC(=O)c2ccco2)c1. The van der Waals surface area contributed by atoms with Crippen LogP contribution >= 0.6 is 0 Å². The zero-order valence-electron chi connectivity index (χ0n) is 21.3. The molecule has 4 heterocycles. The van der Waals surface area contributed by atoms with Gasteiger partial charge in [-0.1, -0.05) is 6.07 Å². The van der Waals surface area contributed by atoms with Crippen molar-refractivity contribution >= 4 is 34.9 Å². The van der Waals surface area contributed by atoms with Gasteiger partial charge in [-0.05, 0) is 55.3 Å². The van der Waals surface area contributed by atoms with Gasteiger partial charge in [-0.25, -0.2) is 4.98 Å². The average Bonchev–Trinajstić information content (AvgIpc) is 3.64. The smallest absolute Gasteiger partial charge is 0.291 e. The number of hydrogen-bond donors (Lipinski definition) is 2. The maximum absolute atomic E-state index is 12.9. The van der Waals surface area contributed by atoms with Crippen molar-refractivity contribution in [2.75, 3.05) is 60.9 Å². The minimum atomic E-state index is -0.379. The Morgan fingerprint density at radius 3 is 2.50 bits per heavy atom. The summed E-state index contributed by atoms with van der Waals surface area (Å²) in [5.74, 6) is 0.723. The van der Waals surface area contributed by atoms with Gasteiger partial charge in [0, 0.05) is 64.0 Å². The summed E-state index contributed by atoms with van der Waals surface area (Å²) in [5.41, 5.74) is 1.84. The maximum atomic E-state index is 12.9. The van der Waals surface area contributed by atoms with Crippen LogP contribution in [0.4, 0.5) is 17.2 Å². The van der Waals surface area contributed by atoms with Crippen LogP contribution < -0.4 is 20.4 Å². The highest BCUT2D eigenvalue weighted by Gasteiger charge is 2.23. The lowest BCUT2D eigenvalue weighted by atomic mass is 10.1. The second kappa shape index (κ2) is 11.8. The van der Waals surface area contributed by atoms with Crippen molar-refractivity contribution in [3.05, 3.63) is 72.3 Å². The molecule has 0 atom stereocenters. The number of amides is 3. The summed E-state index contributed by atoms with van der Waals surface area (Å²) in [6, 6.07) is 14.5. The van der Waals surface area contributed by atoms with Crippen LogP contribution in [0.3, 0.4) is 0 Å². The summed E-state index contributed by atoms with van der Waals surface area (Å²) in [5, 5.41) is 5.87. The number of nitrogens with one attached hydrogen (secondary N) is 2. The fraction of sp³-hybridized carbons (Fsp3) is 0.357. The van der Waals surface area contributed by atoms with Crippen LogP contribution in [-0.4, -0.2) is 73.4 Å². The number of rotatable bonds is 9. The van der Waals surface area contributed by atoms with E-state index in [1.54, 1.807) is 30.5 Å². The molecule has 3 aromatic rings. The lowest BCUT2D eigenvalue weighted by Gasteiger charge is -2.37. The summed E-state index contributed by atoms with van der Waals surface area (Å²) in [6.45, 7) is 4.95. The Morgan fingerprint density at radius 1 is 0.947 bits per heavy atom. The first-order valence-corrected chi connectivity index (χ1v) is 13.0. The fourth-order valence-corrected chi connectivity index (χ4v) is 4.88. The minimum Gasteiger partial charge on any atom is -0.459 e. The molecule has 2 aliphatic heterocycles. The molecule has 0 aliphatic carbocycles. The number of pyridine rings is 1. The second-order valence-electron chi connectivity index (χ2n) is 9.42. The van der Waals surface area contributed by atoms with Crippen LogP contribution in [0.2, 0.25) is 0 Å². The Kier molecular flexibility index (Phi) is 7.86. The van der Waals surface area contributed by atoms with E-state index < -0.39 is 0 Å². The number of anilines is 3. The van der Waals surface area contributed by atoms with Gasteiger partial charge in [0.05, 0.1) is 17.6 Å². The molecule has 38 heavy (non-hydrogen) atoms. The Balaban J connectivity index is 1.26. The van der Waals surface area contributed by atoms with E-state index in [-0.39, 0.29) is 23.5 Å². The molecular formula is C28H32N6O4. The maximum Gasteiger partial charge on any atom is 0.291 e. The number of carbonyl (C=O) groups excluding carboxylic acids is 3. The van der Waals surface area contributed by atoms with Gasteiger partial charge >= 0.3 is 0 Å². The molecule has 2 aliphatic rings. The lowest BCUT2D eigenvalue weighted by molar-refractivity contribution is -0.127. The highest BCUT2D eigenvalue weighted by Crippen LogP contribution is 2.29. The molecule has 2 aromatic heterocycles. The van der Waals surface area contributed by atoms with Crippen molar-refractivity contribution in [2.24, 2.45) is 0 Å². The number of likely N-dealkylation sites (tertiary alicyclic amines) is 1. The monoisotopic (exact) mass is 516 g/mol. The van der Waals surface area contributed by atoms with E-state index in [0.29, 0.717) is 37.2 Å². The van der Waals surface area contributed by atoms with Gasteiger partial charge in [0.15, 0.2) is 5.76 Å². The Bertz CT molecular complexity index is 1260. The molecule has 10 heteroatoms. The Labute approximate surface area is 221 Å². The van der Waals surface area contributed by atoms with E-state index in [0.717, 1.165) is 50.6 Å². The second-order valence-corrected chi connectivity index (χ2v) is 9.42. The predicted molar refractivity (Wildman–Crippen MR) is 145 cm³/mol. The highest BCUT2D eigenvalue weighted by molar-refractivity contribution is 6.05. The topological polar surface area (TPSA) is 111 Å². The summed E-state index contributed by atoms with van der Waals surface area (Å²) in [7, 11) is 0. The predicted octanol–water partition coefficient (Wildman–Crippen LogP) is 3.00. The summed E-state index contributed by atoms with van der Waals surface area (Å²) < 4.78 is 5.26. The van der Waals surface area contributed by atoms with E-state index in [1.807, 2.05) is 29.2 Å². The van der Waals surface area contributed by atoms with Crippen molar-refractivity contribution in [1.82, 2.24) is 15.2 Å². The molecule has 10 nitrogen and oxygen atoms in total. The third-order valence-electron chi connectivity index (χ3n) is 6.91. The van der Waals surface area contributed by atoms with Crippen molar-refractivity contribution in [1.29, 1.82) is 0 Å². The molecule has 198 valence electrons. The summed E-state index contributed by atoms with van der Waals surface area (Å²) in [4.78, 5) is 48.2. The van der Waals surface area contributed by atoms with E-state index in [4.69, 9.17) is 4.42 Å². The number of hydrogen-bond acceptors (Lipinski definition) is 7. The quantitative estimate of drug-likeness (QED) is 0.421. The number of piperazine rings is 1. The molecule has 2 saturated heterocycles. The van der Waals surface area contributed by atoms with Crippen molar-refractivity contribution in [2.45, 2.75) is 19.3 Å². The molecule has 0 radical (unpaired) electrons. The zero-order chi connectivity index (χ0) is 26.3. The van der Waals surface area contributed by atoms with Gasteiger partial charge in [0.1, 0.15) is 5.82 Å². The number of aromatic nitrogens is 1. The number of nitrogens with zero attached hydrogens (tertiary/aromatic N) is 4. The lowest BCUT2D eigenvalue weighted by Crippen LogP contribution is -2.47. The van der Waals surface area contributed by atoms with E-state index >= 15 is 0 Å². The summed E-state index contributed by atoms with van der Waals surface area (Å²) in [6.07, 6.45) is 5.45. The molecule has 1 aromatic carbocycles. The van der Waals surface area contributed by atoms with E-state index in [9.17, 15) is 14.4 Å². The van der Waals surface area contributed by atoms with Crippen molar-refractivity contribution < 1.29 is 18.8 Å². The van der Waals surface area contributed by atoms with Gasteiger partial charge < -0.3 is 29.8 Å². The van der Waals surface area contributed by atoms with Gasteiger partial charge in [0.2, 0.25) is 5.91 Å². The standard InChI is InChI=1S/C28H32N6O4/c35-26-8-3-13-34(26)14-5-12-30-27(36)21-9-10-23(22(20-21)31-28(37)24-6-4-19-38-24)32-15-17-33(18-16-32)25-7-1-2-11-29-25/h1-2,4,6-7,9-11,19-20H,3,5,8,12-18H2,(H,30,36)(H,31,37). The third-order valence-corrected chi connectivity index (χ3v) is 6.91. The molecule has 0 bridgehead atoms. The van der Waals surface area contributed by atoms with Gasteiger partial charge in [-0.3, -0.25) is 14.4 Å². The Morgan fingerprint density at radius 2 is 1.79 bits per heavy atom. The van der Waals surface area contributed by atoms with Gasteiger partial charge in [-0.2, -0.15) is 0 Å². The number of carbonyl (C=O) groups is 3. The molecule has 2 fully saturated rings. The molecule has 3 amide bonds. The normalized spacial score (nSPS) is 15.6.